The maximum atomic E-state index is 12.9. The van der Waals surface area contributed by atoms with Crippen molar-refractivity contribution in [2.75, 3.05) is 32.2 Å². The number of anilines is 1. The zero-order valence-corrected chi connectivity index (χ0v) is 32.2. The van der Waals surface area contributed by atoms with Gasteiger partial charge >= 0.3 is 7.82 Å². The summed E-state index contributed by atoms with van der Waals surface area (Å²) in [6.45, 7) is 2.12. The third kappa shape index (κ3) is 18.2. The van der Waals surface area contributed by atoms with Crippen LogP contribution in [0.2, 0.25) is 0 Å². The normalized spacial score (nSPS) is 13.6. The van der Waals surface area contributed by atoms with Crippen molar-refractivity contribution in [3.05, 3.63) is 48.2 Å². The van der Waals surface area contributed by atoms with Gasteiger partial charge in [0.15, 0.2) is 5.82 Å². The molecule has 0 fully saturated rings. The molecule has 3 atom stereocenters. The van der Waals surface area contributed by atoms with E-state index in [0.29, 0.717) is 35.7 Å². The fraction of sp³-hybridized carbons (Fsp3) is 0.658. The van der Waals surface area contributed by atoms with Crippen molar-refractivity contribution in [3.8, 4) is 18.1 Å². The standard InChI is InChI=1S/C38H58N7O7P/c1-2-3-4-5-6-7-8-9-10-11-12-13-14-15-16-17-22-48-27-36(52-35-23-32(24-39)25-42-26-35)29-51-53(46,47)50-28-34(49-30-40)20-18-33-19-21-37-38(41)43-31-44-45(33)37/h19,21,23,25-26,31,34,36H,2-18,20,22,27-29H2,1H3,(H,46,47)(H2,41,43,44)/t34-,36+/m0/s1. The second kappa shape index (κ2) is 26.1. The number of rotatable bonds is 31. The Balaban J connectivity index is 1.35. The smallest absolute Gasteiger partial charge is 0.472 e. The van der Waals surface area contributed by atoms with E-state index in [4.69, 9.17) is 34.3 Å². The number of nitrogens with two attached hydrogens (primary N) is 1. The van der Waals surface area contributed by atoms with Crippen LogP contribution in [-0.4, -0.2) is 63.1 Å². The summed E-state index contributed by atoms with van der Waals surface area (Å²) >= 11 is 0. The molecule has 15 heteroatoms. The van der Waals surface area contributed by atoms with Gasteiger partial charge in [-0.2, -0.15) is 15.6 Å². The molecule has 0 saturated heterocycles. The topological polar surface area (TPSA) is 200 Å². The first-order chi connectivity index (χ1) is 25.8. The fourth-order valence-electron chi connectivity index (χ4n) is 5.97. The third-order valence-corrected chi connectivity index (χ3v) is 9.89. The highest BCUT2D eigenvalue weighted by Crippen LogP contribution is 2.43. The quantitative estimate of drug-likeness (QED) is 0.0362. The maximum Gasteiger partial charge on any atom is 0.472 e. The van der Waals surface area contributed by atoms with E-state index in [1.807, 2.05) is 12.1 Å². The van der Waals surface area contributed by atoms with E-state index >= 15 is 0 Å². The maximum absolute atomic E-state index is 12.9. The number of phosphoric ester groups is 1. The van der Waals surface area contributed by atoms with Crippen LogP contribution in [0.5, 0.6) is 5.75 Å². The Morgan fingerprint density at radius 2 is 1.49 bits per heavy atom. The van der Waals surface area contributed by atoms with E-state index in [1.54, 1.807) is 16.8 Å². The largest absolute Gasteiger partial charge is 0.484 e. The third-order valence-electron chi connectivity index (χ3n) is 8.94. The fourth-order valence-corrected chi connectivity index (χ4v) is 6.75. The monoisotopic (exact) mass is 755 g/mol. The first-order valence-electron chi connectivity index (χ1n) is 19.2. The molecule has 292 valence electrons. The van der Waals surface area contributed by atoms with Crippen LogP contribution in [0.4, 0.5) is 5.82 Å². The summed E-state index contributed by atoms with van der Waals surface area (Å²) < 4.78 is 41.9. The second-order valence-electron chi connectivity index (χ2n) is 13.3. The predicted molar refractivity (Wildman–Crippen MR) is 202 cm³/mol. The Bertz CT molecular complexity index is 1580. The van der Waals surface area contributed by atoms with Crippen molar-refractivity contribution in [3.63, 3.8) is 0 Å². The molecular formula is C38H58N7O7P. The molecule has 14 nitrogen and oxygen atoms in total. The predicted octanol–water partition coefficient (Wildman–Crippen LogP) is 8.24. The number of ether oxygens (including phenoxy) is 3. The van der Waals surface area contributed by atoms with Crippen LogP contribution in [-0.2, 0) is 29.5 Å². The number of nitrogen functional groups attached to an aromatic ring is 1. The Morgan fingerprint density at radius 3 is 2.11 bits per heavy atom. The van der Waals surface area contributed by atoms with E-state index < -0.39 is 20.0 Å². The van der Waals surface area contributed by atoms with Gasteiger partial charge in [0.25, 0.3) is 6.26 Å². The summed E-state index contributed by atoms with van der Waals surface area (Å²) in [6, 6.07) is 7.14. The van der Waals surface area contributed by atoms with Gasteiger partial charge in [0.05, 0.1) is 31.6 Å². The molecule has 0 amide bonds. The number of pyridine rings is 1. The molecule has 0 aromatic carbocycles. The minimum absolute atomic E-state index is 0.0784. The lowest BCUT2D eigenvalue weighted by Gasteiger charge is -2.21. The number of unbranched alkanes of at least 4 members (excludes halogenated alkanes) is 15. The van der Waals surface area contributed by atoms with E-state index in [-0.39, 0.29) is 26.2 Å². The highest BCUT2D eigenvalue weighted by molar-refractivity contribution is 7.47. The number of hydrogen-bond acceptors (Lipinski definition) is 12. The molecule has 0 saturated carbocycles. The molecule has 3 N–H and O–H groups in total. The molecule has 0 aliphatic carbocycles. The van der Waals surface area contributed by atoms with Gasteiger partial charge in [-0.25, -0.2) is 14.1 Å². The van der Waals surface area contributed by atoms with Crippen molar-refractivity contribution < 1.29 is 32.7 Å². The van der Waals surface area contributed by atoms with Crippen molar-refractivity contribution in [2.24, 2.45) is 0 Å². The van der Waals surface area contributed by atoms with Crippen LogP contribution >= 0.6 is 7.82 Å². The van der Waals surface area contributed by atoms with E-state index in [2.05, 4.69) is 22.0 Å². The van der Waals surface area contributed by atoms with E-state index in [1.165, 1.54) is 108 Å². The number of nitrogens with zero attached hydrogens (tertiary/aromatic N) is 6. The molecule has 0 spiro atoms. The van der Waals surface area contributed by atoms with Gasteiger partial charge < -0.3 is 24.8 Å². The van der Waals surface area contributed by atoms with Gasteiger partial charge in [-0.05, 0) is 31.4 Å². The number of phosphoric acid groups is 1. The first kappa shape index (κ1) is 43.6. The van der Waals surface area contributed by atoms with Crippen LogP contribution in [0.1, 0.15) is 127 Å². The molecule has 0 bridgehead atoms. The first-order valence-corrected chi connectivity index (χ1v) is 20.7. The Labute approximate surface area is 314 Å². The number of aromatic nitrogens is 4. The highest BCUT2D eigenvalue weighted by Gasteiger charge is 2.27. The average Bonchev–Trinajstić information content (AvgIpc) is 3.58. The van der Waals surface area contributed by atoms with E-state index in [0.717, 1.165) is 25.0 Å². The lowest BCUT2D eigenvalue weighted by molar-refractivity contribution is 0.00968. The SMILES string of the molecule is CCCCCCCCCCCCCCCCCCOC[C@H](COP(=O)(O)OC[C@H](CCc1ccc2c(N)ncnn12)OC#N)Oc1cncc(C#N)c1. The number of fused-ring (bicyclic) bond motifs is 1. The Kier molecular flexibility index (Phi) is 21.5. The van der Waals surface area contributed by atoms with Gasteiger partial charge in [0.2, 0.25) is 0 Å². The van der Waals surface area contributed by atoms with Crippen molar-refractivity contribution in [1.29, 1.82) is 10.5 Å². The van der Waals surface area contributed by atoms with Crippen LogP contribution in [0, 0.1) is 22.8 Å². The zero-order valence-electron chi connectivity index (χ0n) is 31.3. The summed E-state index contributed by atoms with van der Waals surface area (Å²) in [5.74, 6) is 0.629. The van der Waals surface area contributed by atoms with Gasteiger partial charge in [0.1, 0.15) is 35.9 Å². The number of nitriles is 2. The Hall–Kier alpha value is -3.78. The lowest BCUT2D eigenvalue weighted by atomic mass is 10.0. The van der Waals surface area contributed by atoms with Crippen molar-refractivity contribution in [1.82, 2.24) is 19.6 Å². The number of aryl methyl sites for hydroxylation is 1. The molecule has 3 aromatic heterocycles. The van der Waals surface area contributed by atoms with E-state index in [9.17, 15) is 14.7 Å². The van der Waals surface area contributed by atoms with Gasteiger partial charge in [-0.3, -0.25) is 14.0 Å². The Morgan fingerprint density at radius 1 is 0.868 bits per heavy atom. The summed E-state index contributed by atoms with van der Waals surface area (Å²) in [4.78, 5) is 18.4. The van der Waals surface area contributed by atoms with Gasteiger partial charge in [-0.1, -0.05) is 103 Å². The summed E-state index contributed by atoms with van der Waals surface area (Å²) in [5.41, 5.74) is 7.64. The molecule has 0 radical (unpaired) electrons. The molecule has 1 unspecified atom stereocenters. The lowest BCUT2D eigenvalue weighted by Crippen LogP contribution is -2.29. The molecule has 0 aliphatic heterocycles. The second-order valence-corrected chi connectivity index (χ2v) is 14.8. The molecule has 3 rings (SSSR count). The molecule has 0 aliphatic rings. The summed E-state index contributed by atoms with van der Waals surface area (Å²) in [5, 5.41) is 22.6. The zero-order chi connectivity index (χ0) is 38.0. The van der Waals surface area contributed by atoms with Crippen LogP contribution in [0.25, 0.3) is 5.52 Å². The minimum atomic E-state index is -4.59. The average molecular weight is 756 g/mol. The summed E-state index contributed by atoms with van der Waals surface area (Å²) in [7, 11) is -4.59. The molecule has 3 heterocycles. The van der Waals surface area contributed by atoms with Crippen LogP contribution in [0.3, 0.4) is 0 Å². The van der Waals surface area contributed by atoms with Crippen LogP contribution < -0.4 is 10.5 Å². The van der Waals surface area contributed by atoms with Crippen LogP contribution in [0.15, 0.2) is 36.9 Å². The van der Waals surface area contributed by atoms with Crippen molar-refractivity contribution in [2.45, 2.75) is 135 Å². The highest BCUT2D eigenvalue weighted by atomic mass is 31.2. The molecule has 3 aromatic rings. The van der Waals surface area contributed by atoms with Crippen molar-refractivity contribution >= 4 is 19.2 Å². The minimum Gasteiger partial charge on any atom is -0.484 e. The van der Waals surface area contributed by atoms with Gasteiger partial charge in [0, 0.05) is 24.6 Å². The molecule has 53 heavy (non-hydrogen) atoms. The van der Waals surface area contributed by atoms with Gasteiger partial charge in [-0.15, -0.1) is 0 Å². The summed E-state index contributed by atoms with van der Waals surface area (Å²) in [6.07, 6.45) is 25.4. The molecular weight excluding hydrogens is 697 g/mol. The number of hydrogen-bond donors (Lipinski definition) is 2.